The molecule has 3 aromatic rings. The van der Waals surface area contributed by atoms with Gasteiger partial charge in [0.2, 0.25) is 0 Å². The van der Waals surface area contributed by atoms with Crippen LogP contribution in [-0.4, -0.2) is 23.4 Å². The van der Waals surface area contributed by atoms with E-state index in [0.717, 1.165) is 40.9 Å². The lowest BCUT2D eigenvalue weighted by atomic mass is 10.1. The number of hydrogen-bond donors (Lipinski definition) is 1. The molecule has 2 aromatic heterocycles. The van der Waals surface area contributed by atoms with Gasteiger partial charge in [-0.1, -0.05) is 18.2 Å². The van der Waals surface area contributed by atoms with Crippen molar-refractivity contribution in [1.82, 2.24) is 15.1 Å². The number of nitrogens with one attached hydrogen (secondary N) is 1. The number of likely N-dealkylation sites (N-methyl/N-ethyl adjacent to an activating group) is 1. The molecule has 1 N–H and O–H groups in total. The number of para-hydroxylation sites is 1. The first-order valence-electron chi connectivity index (χ1n) is 6.43. The molecule has 19 heavy (non-hydrogen) atoms. The summed E-state index contributed by atoms with van der Waals surface area (Å²) in [6, 6.07) is 10.2. The second kappa shape index (κ2) is 4.90. The van der Waals surface area contributed by atoms with Gasteiger partial charge in [-0.05, 0) is 19.2 Å². The number of furan rings is 1. The van der Waals surface area contributed by atoms with E-state index >= 15 is 0 Å². The van der Waals surface area contributed by atoms with Gasteiger partial charge in [0, 0.05) is 31.0 Å². The number of benzene rings is 1. The maximum absolute atomic E-state index is 5.60. The molecule has 0 radical (unpaired) electrons. The molecule has 4 heteroatoms. The molecule has 0 aliphatic heterocycles. The first kappa shape index (κ1) is 12.0. The van der Waals surface area contributed by atoms with Gasteiger partial charge in [-0.15, -0.1) is 0 Å². The Balaban J connectivity index is 2.04. The largest absolute Gasteiger partial charge is 0.464 e. The van der Waals surface area contributed by atoms with Crippen molar-refractivity contribution >= 4 is 11.0 Å². The lowest BCUT2D eigenvalue weighted by Gasteiger charge is -1.97. The average molecular weight is 255 g/mol. The highest BCUT2D eigenvalue weighted by Crippen LogP contribution is 2.30. The molecule has 0 fully saturated rings. The normalized spacial score (nSPS) is 11.3. The van der Waals surface area contributed by atoms with E-state index in [-0.39, 0.29) is 0 Å². The van der Waals surface area contributed by atoms with Crippen LogP contribution in [0.5, 0.6) is 0 Å². The van der Waals surface area contributed by atoms with Crippen molar-refractivity contribution < 1.29 is 4.42 Å². The molecule has 4 nitrogen and oxygen atoms in total. The van der Waals surface area contributed by atoms with Gasteiger partial charge in [-0.3, -0.25) is 4.68 Å². The predicted molar refractivity (Wildman–Crippen MR) is 76.0 cm³/mol. The van der Waals surface area contributed by atoms with Crippen LogP contribution in [0.25, 0.3) is 22.2 Å². The van der Waals surface area contributed by atoms with Gasteiger partial charge in [0.05, 0.1) is 11.4 Å². The summed E-state index contributed by atoms with van der Waals surface area (Å²) in [5, 5.41) is 8.82. The van der Waals surface area contributed by atoms with Crippen LogP contribution in [0.15, 0.2) is 41.0 Å². The van der Waals surface area contributed by atoms with Crippen molar-refractivity contribution in [3.63, 3.8) is 0 Å². The molecule has 0 saturated carbocycles. The fraction of sp³-hybridized carbons (Fsp3) is 0.267. The third-order valence-electron chi connectivity index (χ3n) is 3.32. The van der Waals surface area contributed by atoms with Gasteiger partial charge < -0.3 is 9.73 Å². The Labute approximate surface area is 112 Å². The zero-order chi connectivity index (χ0) is 13.2. The Bertz CT molecular complexity index is 696. The quantitative estimate of drug-likeness (QED) is 0.779. The monoisotopic (exact) mass is 255 g/mol. The second-order valence-electron chi connectivity index (χ2n) is 4.64. The Morgan fingerprint density at radius 2 is 2.16 bits per heavy atom. The summed E-state index contributed by atoms with van der Waals surface area (Å²) in [6.07, 6.45) is 2.74. The molecule has 98 valence electrons. The number of fused-ring (bicyclic) bond motifs is 1. The number of nitrogens with zero attached hydrogens (tertiary/aromatic N) is 2. The molecule has 0 spiro atoms. The van der Waals surface area contributed by atoms with Gasteiger partial charge >= 0.3 is 0 Å². The van der Waals surface area contributed by atoms with Crippen molar-refractivity contribution in [3.8, 4) is 11.3 Å². The summed E-state index contributed by atoms with van der Waals surface area (Å²) in [5.41, 5.74) is 4.20. The van der Waals surface area contributed by atoms with E-state index in [0.29, 0.717) is 0 Å². The molecule has 0 atom stereocenters. The minimum Gasteiger partial charge on any atom is -0.464 e. The zero-order valence-corrected chi connectivity index (χ0v) is 11.2. The fourth-order valence-electron chi connectivity index (χ4n) is 2.33. The molecule has 1 aromatic carbocycles. The van der Waals surface area contributed by atoms with Crippen molar-refractivity contribution in [1.29, 1.82) is 0 Å². The molecular formula is C15H17N3O. The maximum atomic E-state index is 5.60. The van der Waals surface area contributed by atoms with E-state index in [1.807, 2.05) is 43.2 Å². The minimum atomic E-state index is 0.912. The highest BCUT2D eigenvalue weighted by atomic mass is 16.3. The smallest absolute Gasteiger partial charge is 0.134 e. The van der Waals surface area contributed by atoms with Crippen LogP contribution in [0.1, 0.15) is 5.69 Å². The lowest BCUT2D eigenvalue weighted by Crippen LogP contribution is -2.10. The highest BCUT2D eigenvalue weighted by molar-refractivity contribution is 5.92. The standard InChI is InChI=1S/C15H17N3O/c1-16-8-7-11-9-14(18(2)17-11)13-10-19-15-6-4-3-5-12(13)15/h3-6,9-10,16H,7-8H2,1-2H3. The van der Waals surface area contributed by atoms with E-state index in [1.54, 1.807) is 0 Å². The summed E-state index contributed by atoms with van der Waals surface area (Å²) in [4.78, 5) is 0. The van der Waals surface area contributed by atoms with Gasteiger partial charge in [0.25, 0.3) is 0 Å². The van der Waals surface area contributed by atoms with Crippen LogP contribution < -0.4 is 5.32 Å². The predicted octanol–water partition coefficient (Wildman–Crippen LogP) is 2.60. The Morgan fingerprint density at radius 3 is 3.00 bits per heavy atom. The zero-order valence-electron chi connectivity index (χ0n) is 11.2. The Hall–Kier alpha value is -2.07. The fourth-order valence-corrected chi connectivity index (χ4v) is 2.33. The first-order valence-corrected chi connectivity index (χ1v) is 6.43. The van der Waals surface area contributed by atoms with Crippen molar-refractivity contribution in [3.05, 3.63) is 42.3 Å². The molecule has 0 bridgehead atoms. The number of rotatable bonds is 4. The molecular weight excluding hydrogens is 238 g/mol. The summed E-state index contributed by atoms with van der Waals surface area (Å²) in [6.45, 7) is 0.933. The summed E-state index contributed by atoms with van der Waals surface area (Å²) in [7, 11) is 3.92. The van der Waals surface area contributed by atoms with E-state index in [4.69, 9.17) is 4.42 Å². The van der Waals surface area contributed by atoms with E-state index in [9.17, 15) is 0 Å². The molecule has 0 unspecified atom stereocenters. The Kier molecular flexibility index (Phi) is 3.09. The second-order valence-corrected chi connectivity index (χ2v) is 4.64. The van der Waals surface area contributed by atoms with Crippen molar-refractivity contribution in [2.45, 2.75) is 6.42 Å². The third kappa shape index (κ3) is 2.15. The van der Waals surface area contributed by atoms with Gasteiger partial charge in [0.1, 0.15) is 11.8 Å². The van der Waals surface area contributed by atoms with E-state index in [2.05, 4.69) is 22.5 Å². The van der Waals surface area contributed by atoms with E-state index in [1.165, 1.54) is 0 Å². The molecule has 0 amide bonds. The van der Waals surface area contributed by atoms with Gasteiger partial charge in [-0.25, -0.2) is 0 Å². The Morgan fingerprint density at radius 1 is 1.32 bits per heavy atom. The van der Waals surface area contributed by atoms with Crippen LogP contribution in [0, 0.1) is 0 Å². The lowest BCUT2D eigenvalue weighted by molar-refractivity contribution is 0.616. The minimum absolute atomic E-state index is 0.912. The van der Waals surface area contributed by atoms with Crippen molar-refractivity contribution in [2.24, 2.45) is 7.05 Å². The first-order chi connectivity index (χ1) is 9.29. The van der Waals surface area contributed by atoms with Crippen LogP contribution in [0.3, 0.4) is 0 Å². The molecule has 2 heterocycles. The van der Waals surface area contributed by atoms with E-state index < -0.39 is 0 Å². The SMILES string of the molecule is CNCCc1cc(-c2coc3ccccc23)n(C)n1. The molecule has 0 aliphatic carbocycles. The summed E-state index contributed by atoms with van der Waals surface area (Å²) in [5.74, 6) is 0. The van der Waals surface area contributed by atoms with Gasteiger partial charge in [0.15, 0.2) is 0 Å². The summed E-state index contributed by atoms with van der Waals surface area (Å²) < 4.78 is 7.51. The average Bonchev–Trinajstić information content (AvgIpc) is 2.99. The van der Waals surface area contributed by atoms with Crippen LogP contribution in [0.2, 0.25) is 0 Å². The topological polar surface area (TPSA) is 43.0 Å². The molecule has 0 aliphatic rings. The van der Waals surface area contributed by atoms with Crippen LogP contribution in [0.4, 0.5) is 0 Å². The molecule has 3 rings (SSSR count). The highest BCUT2D eigenvalue weighted by Gasteiger charge is 2.12. The molecule has 0 saturated heterocycles. The number of hydrogen-bond acceptors (Lipinski definition) is 3. The number of aryl methyl sites for hydroxylation is 1. The number of aromatic nitrogens is 2. The summed E-state index contributed by atoms with van der Waals surface area (Å²) >= 11 is 0. The van der Waals surface area contributed by atoms with Crippen LogP contribution >= 0.6 is 0 Å². The van der Waals surface area contributed by atoms with Crippen LogP contribution in [-0.2, 0) is 13.5 Å². The van der Waals surface area contributed by atoms with Crippen molar-refractivity contribution in [2.75, 3.05) is 13.6 Å². The third-order valence-corrected chi connectivity index (χ3v) is 3.32. The van der Waals surface area contributed by atoms with Gasteiger partial charge in [-0.2, -0.15) is 5.10 Å². The maximum Gasteiger partial charge on any atom is 0.134 e.